The maximum absolute atomic E-state index is 11.8. The van der Waals surface area contributed by atoms with Crippen molar-refractivity contribution in [3.05, 3.63) is 29.8 Å². The van der Waals surface area contributed by atoms with Crippen molar-refractivity contribution in [2.45, 2.75) is 12.6 Å². The highest BCUT2D eigenvalue weighted by atomic mass is 16.5. The van der Waals surface area contributed by atoms with Crippen LogP contribution in [-0.2, 0) is 16.1 Å². The molecule has 94 valence electrons. The van der Waals surface area contributed by atoms with Crippen LogP contribution in [0, 0.1) is 0 Å². The third kappa shape index (κ3) is 3.72. The second kappa shape index (κ2) is 6.22. The van der Waals surface area contributed by atoms with Crippen molar-refractivity contribution >= 4 is 5.91 Å². The minimum atomic E-state index is -0.671. The van der Waals surface area contributed by atoms with Gasteiger partial charge < -0.3 is 20.5 Å². The summed E-state index contributed by atoms with van der Waals surface area (Å²) in [6, 6.07) is 6.22. The number of para-hydroxylation sites is 1. The average molecular weight is 238 g/mol. The first-order valence-electron chi connectivity index (χ1n) is 5.32. The molecule has 5 heteroatoms. The standard InChI is InChI=1S/C12H18N2O3/c1-14(12(16)10(13)8-17-2)7-9-5-3-4-6-11(9)15/h3-6,10,15H,7-8,13H2,1-2H3. The number of methoxy groups -OCH3 is 1. The molecule has 1 aromatic rings. The summed E-state index contributed by atoms with van der Waals surface area (Å²) >= 11 is 0. The number of nitrogens with two attached hydrogens (primary N) is 1. The van der Waals surface area contributed by atoms with Crippen molar-refractivity contribution in [2.24, 2.45) is 5.73 Å². The third-order valence-corrected chi connectivity index (χ3v) is 2.44. The molecule has 0 heterocycles. The third-order valence-electron chi connectivity index (χ3n) is 2.44. The molecule has 0 saturated heterocycles. The second-order valence-corrected chi connectivity index (χ2v) is 3.88. The molecule has 1 rings (SSSR count). The van der Waals surface area contributed by atoms with Crippen LogP contribution in [0.4, 0.5) is 0 Å². The number of hydrogen-bond donors (Lipinski definition) is 2. The molecule has 0 radical (unpaired) electrons. The number of amides is 1. The summed E-state index contributed by atoms with van der Waals surface area (Å²) < 4.78 is 4.83. The van der Waals surface area contributed by atoms with Gasteiger partial charge in [0.25, 0.3) is 0 Å². The van der Waals surface area contributed by atoms with Crippen LogP contribution in [0.1, 0.15) is 5.56 Å². The summed E-state index contributed by atoms with van der Waals surface area (Å²) in [5.41, 5.74) is 6.33. The first kappa shape index (κ1) is 13.5. The number of benzene rings is 1. The molecule has 0 fully saturated rings. The number of phenols is 1. The quantitative estimate of drug-likeness (QED) is 0.775. The highest BCUT2D eigenvalue weighted by Crippen LogP contribution is 2.17. The molecule has 1 unspecified atom stereocenters. The van der Waals surface area contributed by atoms with E-state index < -0.39 is 6.04 Å². The highest BCUT2D eigenvalue weighted by Gasteiger charge is 2.18. The molecule has 1 amide bonds. The monoisotopic (exact) mass is 238 g/mol. The fourth-order valence-electron chi connectivity index (χ4n) is 1.51. The number of carbonyl (C=O) groups excluding carboxylic acids is 1. The number of hydrogen-bond acceptors (Lipinski definition) is 4. The van der Waals surface area contributed by atoms with Crippen molar-refractivity contribution in [2.75, 3.05) is 20.8 Å². The lowest BCUT2D eigenvalue weighted by atomic mass is 10.2. The van der Waals surface area contributed by atoms with Gasteiger partial charge in [-0.05, 0) is 6.07 Å². The zero-order valence-electron chi connectivity index (χ0n) is 10.1. The molecule has 5 nitrogen and oxygen atoms in total. The van der Waals surface area contributed by atoms with Gasteiger partial charge in [-0.1, -0.05) is 18.2 Å². The van der Waals surface area contributed by atoms with Crippen LogP contribution >= 0.6 is 0 Å². The molecule has 0 aliphatic heterocycles. The molecular weight excluding hydrogens is 220 g/mol. The molecule has 17 heavy (non-hydrogen) atoms. The van der Waals surface area contributed by atoms with Crippen LogP contribution in [0.15, 0.2) is 24.3 Å². The van der Waals surface area contributed by atoms with E-state index in [2.05, 4.69) is 0 Å². The van der Waals surface area contributed by atoms with Crippen molar-refractivity contribution in [1.29, 1.82) is 0 Å². The van der Waals surface area contributed by atoms with Crippen molar-refractivity contribution in [1.82, 2.24) is 4.90 Å². The molecule has 0 bridgehead atoms. The van der Waals surface area contributed by atoms with E-state index in [-0.39, 0.29) is 18.3 Å². The molecule has 1 atom stereocenters. The Balaban J connectivity index is 2.63. The summed E-state index contributed by atoms with van der Waals surface area (Å²) in [5.74, 6) is -0.0393. The Morgan fingerprint density at radius 3 is 2.76 bits per heavy atom. The van der Waals surface area contributed by atoms with Crippen molar-refractivity contribution in [3.8, 4) is 5.75 Å². The lowest BCUT2D eigenvalue weighted by Gasteiger charge is -2.21. The minimum absolute atomic E-state index is 0.174. The van der Waals surface area contributed by atoms with E-state index in [0.717, 1.165) is 0 Å². The fraction of sp³-hybridized carbons (Fsp3) is 0.417. The molecule has 0 saturated carbocycles. The van der Waals surface area contributed by atoms with Gasteiger partial charge in [-0.2, -0.15) is 0 Å². The smallest absolute Gasteiger partial charge is 0.241 e. The van der Waals surface area contributed by atoms with E-state index in [0.29, 0.717) is 12.1 Å². The highest BCUT2D eigenvalue weighted by molar-refractivity contribution is 5.81. The predicted molar refractivity (Wildman–Crippen MR) is 64.4 cm³/mol. The topological polar surface area (TPSA) is 75.8 Å². The largest absolute Gasteiger partial charge is 0.508 e. The van der Waals surface area contributed by atoms with Gasteiger partial charge in [0.15, 0.2) is 0 Å². The Bertz CT molecular complexity index is 382. The van der Waals surface area contributed by atoms with E-state index in [4.69, 9.17) is 10.5 Å². The number of aromatic hydroxyl groups is 1. The van der Waals surface area contributed by atoms with E-state index >= 15 is 0 Å². The Morgan fingerprint density at radius 1 is 1.53 bits per heavy atom. The molecule has 0 aromatic heterocycles. The molecule has 1 aromatic carbocycles. The van der Waals surface area contributed by atoms with Gasteiger partial charge in [0.05, 0.1) is 6.61 Å². The number of phenolic OH excluding ortho intramolecular Hbond substituents is 1. The molecule has 3 N–H and O–H groups in total. The van der Waals surface area contributed by atoms with Crippen LogP contribution < -0.4 is 5.73 Å². The van der Waals surface area contributed by atoms with Gasteiger partial charge in [-0.15, -0.1) is 0 Å². The molecular formula is C12H18N2O3. The van der Waals surface area contributed by atoms with Crippen LogP contribution in [0.25, 0.3) is 0 Å². The summed E-state index contributed by atoms with van der Waals surface area (Å²) in [4.78, 5) is 13.3. The Hall–Kier alpha value is -1.59. The normalized spacial score (nSPS) is 12.2. The van der Waals surface area contributed by atoms with Crippen LogP contribution in [0.5, 0.6) is 5.75 Å². The first-order chi connectivity index (χ1) is 8.06. The predicted octanol–water partition coefficient (Wildman–Crippen LogP) is 0.324. The summed E-state index contributed by atoms with van der Waals surface area (Å²) in [7, 11) is 3.14. The maximum Gasteiger partial charge on any atom is 0.241 e. The Morgan fingerprint density at radius 2 is 2.18 bits per heavy atom. The SMILES string of the molecule is COCC(N)C(=O)N(C)Cc1ccccc1O. The van der Waals surface area contributed by atoms with Gasteiger partial charge in [0, 0.05) is 26.3 Å². The summed E-state index contributed by atoms with van der Waals surface area (Å²) in [6.45, 7) is 0.507. The lowest BCUT2D eigenvalue weighted by molar-refractivity contribution is -0.133. The van der Waals surface area contributed by atoms with E-state index in [1.807, 2.05) is 6.07 Å². The maximum atomic E-state index is 11.8. The van der Waals surface area contributed by atoms with E-state index in [1.165, 1.54) is 12.0 Å². The van der Waals surface area contributed by atoms with Crippen molar-refractivity contribution in [3.63, 3.8) is 0 Å². The van der Waals surface area contributed by atoms with Gasteiger partial charge >= 0.3 is 0 Å². The zero-order chi connectivity index (χ0) is 12.8. The number of likely N-dealkylation sites (N-methyl/N-ethyl adjacent to an activating group) is 1. The van der Waals surface area contributed by atoms with E-state index in [1.54, 1.807) is 25.2 Å². The second-order valence-electron chi connectivity index (χ2n) is 3.88. The van der Waals surface area contributed by atoms with E-state index in [9.17, 15) is 9.90 Å². The van der Waals surface area contributed by atoms with Gasteiger partial charge in [0.1, 0.15) is 11.8 Å². The summed E-state index contributed by atoms with van der Waals surface area (Å²) in [6.07, 6.45) is 0. The van der Waals surface area contributed by atoms with Gasteiger partial charge in [0.2, 0.25) is 5.91 Å². The number of ether oxygens (including phenoxy) is 1. The average Bonchev–Trinajstić information content (AvgIpc) is 2.31. The Kier molecular flexibility index (Phi) is 4.93. The van der Waals surface area contributed by atoms with Crippen molar-refractivity contribution < 1.29 is 14.6 Å². The fourth-order valence-corrected chi connectivity index (χ4v) is 1.51. The van der Waals surface area contributed by atoms with Crippen LogP contribution in [0.2, 0.25) is 0 Å². The molecule has 0 spiro atoms. The number of rotatable bonds is 5. The minimum Gasteiger partial charge on any atom is -0.508 e. The Labute approximate surface area is 101 Å². The molecule has 0 aliphatic rings. The summed E-state index contributed by atoms with van der Waals surface area (Å²) in [5, 5.41) is 9.59. The number of carbonyl (C=O) groups is 1. The van der Waals surface area contributed by atoms with Gasteiger partial charge in [-0.25, -0.2) is 0 Å². The lowest BCUT2D eigenvalue weighted by Crippen LogP contribution is -2.44. The molecule has 0 aliphatic carbocycles. The number of nitrogens with zero attached hydrogens (tertiary/aromatic N) is 1. The van der Waals surface area contributed by atoms with Crippen LogP contribution in [0.3, 0.4) is 0 Å². The first-order valence-corrected chi connectivity index (χ1v) is 5.32. The van der Waals surface area contributed by atoms with Gasteiger partial charge in [-0.3, -0.25) is 4.79 Å². The van der Waals surface area contributed by atoms with Crippen LogP contribution in [-0.4, -0.2) is 42.7 Å². The zero-order valence-corrected chi connectivity index (χ0v) is 10.1.